The van der Waals surface area contributed by atoms with E-state index in [2.05, 4.69) is 101 Å². The topological polar surface area (TPSA) is 52.8 Å². The Labute approximate surface area is 264 Å². The number of hydrogen-bond donors (Lipinski definition) is 3. The zero-order chi connectivity index (χ0) is 31.2. The van der Waals surface area contributed by atoms with Crippen LogP contribution in [0.15, 0.2) is 158 Å². The maximum absolute atomic E-state index is 8.82. The predicted octanol–water partition coefficient (Wildman–Crippen LogP) is 10.8. The molecule has 0 atom stereocenters. The fraction of sp³-hybridized carbons (Fsp3) is 0.0488. The Kier molecular flexibility index (Phi) is 8.56. The highest BCUT2D eigenvalue weighted by Gasteiger charge is 2.18. The molecule has 0 aliphatic rings. The second-order valence-electron chi connectivity index (χ2n) is 10.8. The molecule has 4 heteroatoms. The van der Waals surface area contributed by atoms with Gasteiger partial charge in [-0.15, -0.1) is 0 Å². The number of rotatable bonds is 11. The van der Waals surface area contributed by atoms with Gasteiger partial charge in [0, 0.05) is 39.9 Å². The molecular formula is C41H36N4. The minimum atomic E-state index is 0.437. The maximum Gasteiger partial charge on any atom is 0.0782 e. The number of fused-ring (bicyclic) bond motifs is 3. The molecule has 0 saturated heterocycles. The van der Waals surface area contributed by atoms with E-state index in [1.807, 2.05) is 73.7 Å². The fourth-order valence-electron chi connectivity index (χ4n) is 5.73. The second-order valence-corrected chi connectivity index (χ2v) is 10.8. The average molecular weight is 585 g/mol. The van der Waals surface area contributed by atoms with Gasteiger partial charge >= 0.3 is 0 Å². The molecule has 6 rings (SSSR count). The Balaban J connectivity index is 1.36. The van der Waals surface area contributed by atoms with Crippen LogP contribution in [0, 0.1) is 5.41 Å². The van der Waals surface area contributed by atoms with E-state index in [1.165, 1.54) is 10.8 Å². The first-order valence-corrected chi connectivity index (χ1v) is 15.1. The Morgan fingerprint density at radius 1 is 0.800 bits per heavy atom. The molecule has 0 unspecified atom stereocenters. The summed E-state index contributed by atoms with van der Waals surface area (Å²) in [5.41, 5.74) is 10.5. The van der Waals surface area contributed by atoms with Crippen LogP contribution in [0.3, 0.4) is 0 Å². The van der Waals surface area contributed by atoms with Crippen molar-refractivity contribution >= 4 is 50.7 Å². The van der Waals surface area contributed by atoms with Crippen LogP contribution in [0.5, 0.6) is 0 Å². The van der Waals surface area contributed by atoms with Crippen LogP contribution in [0.1, 0.15) is 23.6 Å². The predicted molar refractivity (Wildman–Crippen MR) is 194 cm³/mol. The lowest BCUT2D eigenvalue weighted by atomic mass is 10.00. The van der Waals surface area contributed by atoms with Gasteiger partial charge in [-0.3, -0.25) is 5.41 Å². The number of para-hydroxylation sites is 3. The first-order valence-electron chi connectivity index (χ1n) is 15.1. The van der Waals surface area contributed by atoms with Crippen molar-refractivity contribution in [3.05, 3.63) is 175 Å². The highest BCUT2D eigenvalue weighted by molar-refractivity contribution is 6.16. The summed E-state index contributed by atoms with van der Waals surface area (Å²) in [5, 5.41) is 18.5. The minimum Gasteiger partial charge on any atom is -0.380 e. The number of nitrogens with zero attached hydrogens (tertiary/aromatic N) is 1. The number of aromatic nitrogens is 1. The SMILES string of the molecule is C=C/C(=C\C=C/C)C(=N)c1ccccc1NCc1ccc(-n2c3ccccc3c3ccc(C=C)c(Nc4ccccc4)c32)cc1. The molecule has 1 heterocycles. The van der Waals surface area contributed by atoms with E-state index in [-0.39, 0.29) is 0 Å². The molecule has 1 aromatic heterocycles. The molecular weight excluding hydrogens is 548 g/mol. The van der Waals surface area contributed by atoms with E-state index in [4.69, 9.17) is 5.41 Å². The van der Waals surface area contributed by atoms with Gasteiger partial charge in [0.15, 0.2) is 0 Å². The molecule has 0 fully saturated rings. The normalized spacial score (nSPS) is 11.6. The van der Waals surface area contributed by atoms with Crippen LogP contribution < -0.4 is 10.6 Å². The molecule has 220 valence electrons. The van der Waals surface area contributed by atoms with Gasteiger partial charge in [0.2, 0.25) is 0 Å². The van der Waals surface area contributed by atoms with E-state index in [1.54, 1.807) is 6.08 Å². The lowest BCUT2D eigenvalue weighted by molar-refractivity contribution is 1.12. The van der Waals surface area contributed by atoms with Gasteiger partial charge in [-0.05, 0) is 60.0 Å². The maximum atomic E-state index is 8.82. The van der Waals surface area contributed by atoms with Gasteiger partial charge in [0.25, 0.3) is 0 Å². The van der Waals surface area contributed by atoms with Crippen molar-refractivity contribution in [2.45, 2.75) is 13.5 Å². The minimum absolute atomic E-state index is 0.437. The Bertz CT molecular complexity index is 2080. The van der Waals surface area contributed by atoms with Crippen molar-refractivity contribution < 1.29 is 0 Å². The van der Waals surface area contributed by atoms with Crippen molar-refractivity contribution in [2.24, 2.45) is 0 Å². The van der Waals surface area contributed by atoms with Crippen LogP contribution in [0.4, 0.5) is 17.1 Å². The number of benzene rings is 5. The molecule has 4 nitrogen and oxygen atoms in total. The van der Waals surface area contributed by atoms with Gasteiger partial charge in [-0.1, -0.05) is 122 Å². The van der Waals surface area contributed by atoms with Gasteiger partial charge in [-0.2, -0.15) is 0 Å². The van der Waals surface area contributed by atoms with Crippen molar-refractivity contribution in [1.29, 1.82) is 5.41 Å². The quantitative estimate of drug-likeness (QED) is 0.105. The Morgan fingerprint density at radius 3 is 2.29 bits per heavy atom. The first-order chi connectivity index (χ1) is 22.1. The lowest BCUT2D eigenvalue weighted by Crippen LogP contribution is -2.08. The van der Waals surface area contributed by atoms with Crippen molar-refractivity contribution in [1.82, 2.24) is 4.57 Å². The summed E-state index contributed by atoms with van der Waals surface area (Å²) in [5.74, 6) is 0. The van der Waals surface area contributed by atoms with Crippen LogP contribution in [-0.4, -0.2) is 10.3 Å². The van der Waals surface area contributed by atoms with E-state index in [0.717, 1.165) is 56.0 Å². The van der Waals surface area contributed by atoms with Crippen LogP contribution in [0.25, 0.3) is 33.6 Å². The summed E-state index contributed by atoms with van der Waals surface area (Å²) >= 11 is 0. The first kappa shape index (κ1) is 29.2. The summed E-state index contributed by atoms with van der Waals surface area (Å²) in [4.78, 5) is 0. The van der Waals surface area contributed by atoms with E-state index >= 15 is 0 Å². The monoisotopic (exact) mass is 584 g/mol. The van der Waals surface area contributed by atoms with Gasteiger partial charge < -0.3 is 15.2 Å². The molecule has 45 heavy (non-hydrogen) atoms. The third-order valence-electron chi connectivity index (χ3n) is 7.98. The van der Waals surface area contributed by atoms with Crippen molar-refractivity contribution in [3.63, 3.8) is 0 Å². The Hall–Kier alpha value is -5.87. The summed E-state index contributed by atoms with van der Waals surface area (Å²) < 4.78 is 2.34. The second kappa shape index (κ2) is 13.2. The Morgan fingerprint density at radius 2 is 1.53 bits per heavy atom. The standard InChI is InChI=1S/C41H36N4/c1-4-7-15-30(5-2)39(42)36-19-11-13-20-37(36)43-28-29-22-25-33(26-23-29)45-38-21-14-12-18-34(38)35-27-24-31(6-3)40(41(35)45)44-32-16-9-8-10-17-32/h4-27,42-44H,2-3,28H2,1H3/b7-4-,30-15+,42-39?. The zero-order valence-corrected chi connectivity index (χ0v) is 25.4. The largest absolute Gasteiger partial charge is 0.380 e. The van der Waals surface area contributed by atoms with Crippen molar-refractivity contribution in [3.8, 4) is 5.69 Å². The molecule has 6 aromatic rings. The molecule has 0 aliphatic heterocycles. The van der Waals surface area contributed by atoms with Gasteiger partial charge in [0.05, 0.1) is 22.4 Å². The smallest absolute Gasteiger partial charge is 0.0782 e. The van der Waals surface area contributed by atoms with Crippen LogP contribution >= 0.6 is 0 Å². The highest BCUT2D eigenvalue weighted by atomic mass is 15.0. The number of hydrogen-bond acceptors (Lipinski definition) is 3. The molecule has 0 amide bonds. The number of allylic oxidation sites excluding steroid dienone is 5. The van der Waals surface area contributed by atoms with E-state index in [9.17, 15) is 0 Å². The van der Waals surface area contributed by atoms with Crippen molar-refractivity contribution in [2.75, 3.05) is 10.6 Å². The number of anilines is 3. The fourth-order valence-corrected chi connectivity index (χ4v) is 5.73. The van der Waals surface area contributed by atoms with Gasteiger partial charge in [-0.25, -0.2) is 0 Å². The van der Waals surface area contributed by atoms with Gasteiger partial charge in [0.1, 0.15) is 0 Å². The van der Waals surface area contributed by atoms with E-state index in [0.29, 0.717) is 12.3 Å². The van der Waals surface area contributed by atoms with Crippen LogP contribution in [-0.2, 0) is 6.54 Å². The summed E-state index contributed by atoms with van der Waals surface area (Å²) in [6.45, 7) is 10.6. The zero-order valence-electron chi connectivity index (χ0n) is 25.4. The van der Waals surface area contributed by atoms with E-state index < -0.39 is 0 Å². The van der Waals surface area contributed by atoms with Crippen LogP contribution in [0.2, 0.25) is 0 Å². The molecule has 0 aliphatic carbocycles. The average Bonchev–Trinajstić information content (AvgIpc) is 3.43. The third-order valence-corrected chi connectivity index (χ3v) is 7.98. The lowest BCUT2D eigenvalue weighted by Gasteiger charge is -2.16. The third kappa shape index (κ3) is 5.86. The molecule has 0 spiro atoms. The molecule has 0 radical (unpaired) electrons. The molecule has 0 bridgehead atoms. The summed E-state index contributed by atoms with van der Waals surface area (Å²) in [6, 6.07) is 39.8. The molecule has 3 N–H and O–H groups in total. The molecule has 0 saturated carbocycles. The number of nitrogens with one attached hydrogen (secondary N) is 3. The molecule has 5 aromatic carbocycles. The highest BCUT2D eigenvalue weighted by Crippen LogP contribution is 2.39. The summed E-state index contributed by atoms with van der Waals surface area (Å²) in [7, 11) is 0. The summed E-state index contributed by atoms with van der Waals surface area (Å²) in [6.07, 6.45) is 9.43.